The molecular weight excluding hydrogens is 326 g/mol. The molecule has 8 nitrogen and oxygen atoms in total. The molecule has 0 aromatic heterocycles. The number of amides is 2. The van der Waals surface area contributed by atoms with E-state index in [9.17, 15) is 23.5 Å². The van der Waals surface area contributed by atoms with Crippen LogP contribution in [0.2, 0.25) is 0 Å². The largest absolute Gasteiger partial charge is 0.444 e. The average Bonchev–Trinajstić information content (AvgIpc) is 3.03. The van der Waals surface area contributed by atoms with Crippen LogP contribution in [0.1, 0.15) is 27.2 Å². The smallest absolute Gasteiger partial charge is 0.410 e. The fourth-order valence-corrected chi connectivity index (χ4v) is 2.47. The molecule has 24 heavy (non-hydrogen) atoms. The Balaban J connectivity index is 2.07. The second-order valence-electron chi connectivity index (χ2n) is 6.94. The number of nitrogens with zero attached hydrogens (tertiary/aromatic N) is 2. The summed E-state index contributed by atoms with van der Waals surface area (Å²) in [5.74, 6) is -5.62. The van der Waals surface area contributed by atoms with Crippen molar-refractivity contribution in [2.24, 2.45) is 5.73 Å². The topological polar surface area (TPSA) is 108 Å². The summed E-state index contributed by atoms with van der Waals surface area (Å²) < 4.78 is 34.2. The van der Waals surface area contributed by atoms with Gasteiger partial charge in [0, 0.05) is 13.0 Å². The van der Waals surface area contributed by atoms with Crippen LogP contribution in [0.25, 0.3) is 0 Å². The second kappa shape index (κ2) is 5.76. The number of hydrazine groups is 1. The van der Waals surface area contributed by atoms with Gasteiger partial charge in [-0.25, -0.2) is 9.80 Å². The average molecular weight is 348 g/mol. The van der Waals surface area contributed by atoms with Gasteiger partial charge in [-0.3, -0.25) is 10.2 Å². The Morgan fingerprint density at radius 3 is 2.54 bits per heavy atom. The van der Waals surface area contributed by atoms with E-state index in [1.54, 1.807) is 20.8 Å². The lowest BCUT2D eigenvalue weighted by Crippen LogP contribution is -2.61. The second-order valence-corrected chi connectivity index (χ2v) is 6.94. The number of carbonyl (C=O) groups is 2. The number of rotatable bonds is 2. The number of aliphatic hydroxyl groups is 1. The number of halogens is 2. The highest BCUT2D eigenvalue weighted by Gasteiger charge is 2.63. The Morgan fingerprint density at radius 2 is 2.04 bits per heavy atom. The van der Waals surface area contributed by atoms with Crippen LogP contribution < -0.4 is 11.2 Å². The van der Waals surface area contributed by atoms with Crippen molar-refractivity contribution in [1.82, 2.24) is 15.3 Å². The fourth-order valence-electron chi connectivity index (χ4n) is 2.47. The molecule has 0 aromatic carbocycles. The van der Waals surface area contributed by atoms with E-state index in [4.69, 9.17) is 10.5 Å². The van der Waals surface area contributed by atoms with Gasteiger partial charge in [-0.1, -0.05) is 0 Å². The van der Waals surface area contributed by atoms with E-state index >= 15 is 0 Å². The predicted octanol–water partition coefficient (Wildman–Crippen LogP) is 0.141. The van der Waals surface area contributed by atoms with Crippen molar-refractivity contribution in [3.05, 3.63) is 11.9 Å². The van der Waals surface area contributed by atoms with Crippen molar-refractivity contribution in [2.75, 3.05) is 19.6 Å². The first-order valence-electron chi connectivity index (χ1n) is 7.48. The monoisotopic (exact) mass is 348 g/mol. The van der Waals surface area contributed by atoms with E-state index in [1.165, 1.54) is 6.08 Å². The molecule has 0 saturated carbocycles. The SMILES string of the molecule is CC(C)(C)OC(=O)N1CCC(O)(C(F)(F)C(=O)N2CC=C(N)N2)C1. The molecule has 10 heteroatoms. The van der Waals surface area contributed by atoms with Gasteiger partial charge in [0.2, 0.25) is 0 Å². The van der Waals surface area contributed by atoms with Gasteiger partial charge in [0.25, 0.3) is 0 Å². The Kier molecular flexibility index (Phi) is 4.38. The Morgan fingerprint density at radius 1 is 1.42 bits per heavy atom. The minimum atomic E-state index is -4.09. The minimum Gasteiger partial charge on any atom is -0.444 e. The number of β-amino-alcohol motifs (C(OH)–C–C–N with tert-alkyl or cyclic N) is 1. The molecule has 0 aliphatic carbocycles. The summed E-state index contributed by atoms with van der Waals surface area (Å²) in [5, 5.41) is 10.9. The van der Waals surface area contributed by atoms with Gasteiger partial charge in [0.1, 0.15) is 11.4 Å². The summed E-state index contributed by atoms with van der Waals surface area (Å²) in [4.78, 5) is 25.0. The zero-order valence-electron chi connectivity index (χ0n) is 13.8. The van der Waals surface area contributed by atoms with Crippen LogP contribution >= 0.6 is 0 Å². The first-order chi connectivity index (χ1) is 10.9. The number of hydrogen-bond acceptors (Lipinski definition) is 6. The maximum Gasteiger partial charge on any atom is 0.410 e. The fraction of sp³-hybridized carbons (Fsp3) is 0.714. The quantitative estimate of drug-likeness (QED) is 0.655. The van der Waals surface area contributed by atoms with E-state index in [-0.39, 0.29) is 18.9 Å². The maximum atomic E-state index is 14.5. The minimum absolute atomic E-state index is 0.0768. The first kappa shape index (κ1) is 18.2. The van der Waals surface area contributed by atoms with Gasteiger partial charge in [-0.05, 0) is 26.8 Å². The Hall–Kier alpha value is -2.10. The third kappa shape index (κ3) is 3.37. The number of nitrogens with two attached hydrogens (primary N) is 1. The molecule has 1 unspecified atom stereocenters. The number of hydrogen-bond donors (Lipinski definition) is 3. The number of nitrogens with one attached hydrogen (secondary N) is 1. The van der Waals surface area contributed by atoms with E-state index in [0.717, 1.165) is 4.90 Å². The predicted molar refractivity (Wildman–Crippen MR) is 79.4 cm³/mol. The van der Waals surface area contributed by atoms with Crippen molar-refractivity contribution in [3.8, 4) is 0 Å². The van der Waals surface area contributed by atoms with Crippen LogP contribution in [0, 0.1) is 0 Å². The highest BCUT2D eigenvalue weighted by atomic mass is 19.3. The molecule has 0 spiro atoms. The number of ether oxygens (including phenoxy) is 1. The van der Waals surface area contributed by atoms with E-state index in [2.05, 4.69) is 5.43 Å². The molecule has 1 atom stereocenters. The van der Waals surface area contributed by atoms with Crippen molar-refractivity contribution >= 4 is 12.0 Å². The van der Waals surface area contributed by atoms with Crippen molar-refractivity contribution in [2.45, 2.75) is 44.3 Å². The maximum absolute atomic E-state index is 14.5. The highest BCUT2D eigenvalue weighted by molar-refractivity contribution is 5.85. The van der Waals surface area contributed by atoms with Gasteiger partial charge < -0.3 is 20.5 Å². The molecule has 0 aromatic rings. The van der Waals surface area contributed by atoms with Crippen LogP contribution in [0.15, 0.2) is 11.9 Å². The summed E-state index contributed by atoms with van der Waals surface area (Å²) in [6.45, 7) is 3.96. The van der Waals surface area contributed by atoms with Gasteiger partial charge in [0.15, 0.2) is 5.60 Å². The summed E-state index contributed by atoms with van der Waals surface area (Å²) in [6, 6.07) is 0. The van der Waals surface area contributed by atoms with E-state index in [1.807, 2.05) is 0 Å². The summed E-state index contributed by atoms with van der Waals surface area (Å²) in [6.07, 6.45) is 0.105. The van der Waals surface area contributed by atoms with Gasteiger partial charge in [-0.15, -0.1) is 0 Å². The third-order valence-corrected chi connectivity index (χ3v) is 3.76. The van der Waals surface area contributed by atoms with E-state index in [0.29, 0.717) is 5.01 Å². The van der Waals surface area contributed by atoms with Gasteiger partial charge in [0.05, 0.1) is 13.1 Å². The third-order valence-electron chi connectivity index (χ3n) is 3.76. The van der Waals surface area contributed by atoms with Crippen molar-refractivity contribution < 1.29 is 28.2 Å². The van der Waals surface area contributed by atoms with Crippen LogP contribution in [0.3, 0.4) is 0 Å². The number of likely N-dealkylation sites (tertiary alicyclic amines) is 1. The lowest BCUT2D eigenvalue weighted by atomic mass is 9.93. The lowest BCUT2D eigenvalue weighted by Gasteiger charge is -2.33. The summed E-state index contributed by atoms with van der Waals surface area (Å²) in [7, 11) is 0. The zero-order valence-corrected chi connectivity index (χ0v) is 13.8. The molecule has 0 radical (unpaired) electrons. The summed E-state index contributed by atoms with van der Waals surface area (Å²) in [5.41, 5.74) is 4.22. The molecule has 2 aliphatic heterocycles. The molecule has 2 aliphatic rings. The molecule has 2 rings (SSSR count). The van der Waals surface area contributed by atoms with Gasteiger partial charge in [-0.2, -0.15) is 8.78 Å². The standard InChI is InChI=1S/C14H22F2N4O4/c1-12(2,3)24-11(22)19-7-5-13(23,8-19)14(15,16)10(21)20-6-4-9(17)18-20/h4,18,23H,5-8,17H2,1-3H3. The Bertz CT molecular complexity index is 576. The van der Waals surface area contributed by atoms with Crippen LogP contribution in [-0.4, -0.2) is 63.8 Å². The summed E-state index contributed by atoms with van der Waals surface area (Å²) >= 11 is 0. The zero-order chi connectivity index (χ0) is 18.3. The molecule has 4 N–H and O–H groups in total. The van der Waals surface area contributed by atoms with E-state index < -0.39 is 42.1 Å². The van der Waals surface area contributed by atoms with Gasteiger partial charge >= 0.3 is 17.9 Å². The molecule has 136 valence electrons. The van der Waals surface area contributed by atoms with Crippen molar-refractivity contribution in [3.63, 3.8) is 0 Å². The highest BCUT2D eigenvalue weighted by Crippen LogP contribution is 2.38. The molecule has 1 saturated heterocycles. The molecular formula is C14H22F2N4O4. The van der Waals surface area contributed by atoms with Crippen LogP contribution in [-0.2, 0) is 9.53 Å². The van der Waals surface area contributed by atoms with Crippen LogP contribution in [0.5, 0.6) is 0 Å². The molecule has 1 fully saturated rings. The molecule has 2 amide bonds. The lowest BCUT2D eigenvalue weighted by molar-refractivity contribution is -0.199. The molecule has 0 bridgehead atoms. The molecule has 2 heterocycles. The normalized spacial score (nSPS) is 24.7. The number of alkyl halides is 2. The number of carbonyl (C=O) groups excluding carboxylic acids is 2. The Labute approximate surface area is 138 Å². The first-order valence-corrected chi connectivity index (χ1v) is 7.48. The van der Waals surface area contributed by atoms with Crippen molar-refractivity contribution in [1.29, 1.82) is 0 Å². The van der Waals surface area contributed by atoms with Crippen LogP contribution in [0.4, 0.5) is 13.6 Å².